The number of pyridine rings is 2. The second-order valence-corrected chi connectivity index (χ2v) is 11.3. The first-order valence-electron chi connectivity index (χ1n) is 13.3. The molecule has 4 heterocycles. The number of benzene rings is 1. The second-order valence-electron chi connectivity index (χ2n) is 9.93. The first-order valence-corrected chi connectivity index (χ1v) is 14.7. The molecule has 3 N–H and O–H groups in total. The average Bonchev–Trinajstić information content (AvgIpc) is 3.55. The lowest BCUT2D eigenvalue weighted by molar-refractivity contribution is -0.121. The minimum absolute atomic E-state index is 0.131. The number of hydrogen-bond donors (Lipinski definition) is 3. The summed E-state index contributed by atoms with van der Waals surface area (Å²) < 4.78 is 5.86. The number of alkyl halides is 1. The summed E-state index contributed by atoms with van der Waals surface area (Å²) in [6, 6.07) is 12.1. The maximum absolute atomic E-state index is 13.5. The van der Waals surface area contributed by atoms with Gasteiger partial charge in [-0.3, -0.25) is 14.5 Å². The van der Waals surface area contributed by atoms with Crippen LogP contribution >= 0.6 is 22.9 Å². The number of hydrogen-bond acceptors (Lipinski definition) is 7. The highest BCUT2D eigenvalue weighted by atomic mass is 35.5. The zero-order chi connectivity index (χ0) is 28.5. The van der Waals surface area contributed by atoms with E-state index in [1.165, 1.54) is 11.3 Å². The molecule has 2 aliphatic rings. The Bertz CT molecular complexity index is 1650. The molecule has 210 valence electrons. The molecule has 2 atom stereocenters. The molecular weight excluding hydrogens is 564 g/mol. The van der Waals surface area contributed by atoms with Gasteiger partial charge in [0, 0.05) is 36.6 Å². The smallest absolute Gasteiger partial charge is 0.331 e. The van der Waals surface area contributed by atoms with Crippen LogP contribution in [0.5, 0.6) is 11.6 Å². The van der Waals surface area contributed by atoms with Crippen molar-refractivity contribution in [3.63, 3.8) is 0 Å². The molecule has 0 spiro atoms. The fourth-order valence-electron chi connectivity index (χ4n) is 5.31. The number of para-hydroxylation sites is 1. The molecule has 41 heavy (non-hydrogen) atoms. The van der Waals surface area contributed by atoms with Gasteiger partial charge >= 0.3 is 6.03 Å². The van der Waals surface area contributed by atoms with Crippen LogP contribution in [0.4, 0.5) is 21.9 Å². The van der Waals surface area contributed by atoms with Gasteiger partial charge < -0.3 is 20.7 Å². The first kappa shape index (κ1) is 27.0. The molecule has 1 aliphatic carbocycles. The lowest BCUT2D eigenvalue weighted by Gasteiger charge is -2.29. The Morgan fingerprint density at radius 1 is 1.12 bits per heavy atom. The van der Waals surface area contributed by atoms with Crippen molar-refractivity contribution in [2.24, 2.45) is 0 Å². The van der Waals surface area contributed by atoms with Crippen LogP contribution in [-0.2, 0) is 4.79 Å². The van der Waals surface area contributed by atoms with E-state index in [2.05, 4.69) is 25.9 Å². The van der Waals surface area contributed by atoms with Crippen molar-refractivity contribution < 1.29 is 19.1 Å². The van der Waals surface area contributed by atoms with Crippen molar-refractivity contribution >= 4 is 68.1 Å². The van der Waals surface area contributed by atoms with E-state index in [1.807, 2.05) is 37.3 Å². The quantitative estimate of drug-likeness (QED) is 0.220. The summed E-state index contributed by atoms with van der Waals surface area (Å²) in [5, 5.41) is 9.66. The Kier molecular flexibility index (Phi) is 7.46. The Balaban J connectivity index is 1.28. The highest BCUT2D eigenvalue weighted by molar-refractivity contribution is 7.21. The Hall–Kier alpha value is -4.22. The van der Waals surface area contributed by atoms with E-state index in [0.29, 0.717) is 43.8 Å². The summed E-state index contributed by atoms with van der Waals surface area (Å²) in [7, 11) is 0. The van der Waals surface area contributed by atoms with Crippen LogP contribution in [0.25, 0.3) is 10.2 Å². The lowest BCUT2D eigenvalue weighted by atomic mass is 10.1. The summed E-state index contributed by atoms with van der Waals surface area (Å²) in [5.74, 6) is 0.872. The standard InChI is InChI=1S/C29H27ClN6O4S/c1-16-14-23(40-17-6-3-2-4-7-17)32-15-21(16)36-20-11-13-31-28-24(20)25(35-29(36)39)26(41-28)27(38)34-19-9-5-8-18(19)33-22(37)10-12-30/h2-4,6-7,11,13-15,18-19H,5,8-10,12H2,1H3,(H,33,37)(H,34,38)(H,35,39)/t18-,19-/m0/s1. The predicted octanol–water partition coefficient (Wildman–Crippen LogP) is 5.87. The third kappa shape index (κ3) is 5.30. The van der Waals surface area contributed by atoms with Gasteiger partial charge in [0.05, 0.1) is 28.6 Å². The largest absolute Gasteiger partial charge is 0.439 e. The number of urea groups is 1. The van der Waals surface area contributed by atoms with Gasteiger partial charge in [-0.15, -0.1) is 22.9 Å². The number of anilines is 3. The molecule has 1 aliphatic heterocycles. The molecule has 0 unspecified atom stereocenters. The number of carbonyl (C=O) groups excluding carboxylic acids is 3. The zero-order valence-corrected chi connectivity index (χ0v) is 23.7. The van der Waals surface area contributed by atoms with Gasteiger partial charge in [-0.1, -0.05) is 18.2 Å². The molecule has 10 nitrogen and oxygen atoms in total. The molecular formula is C29H27ClN6O4S. The molecule has 12 heteroatoms. The van der Waals surface area contributed by atoms with Gasteiger partial charge in [0.1, 0.15) is 15.5 Å². The van der Waals surface area contributed by atoms with E-state index in [1.54, 1.807) is 29.4 Å². The van der Waals surface area contributed by atoms with E-state index in [0.717, 1.165) is 24.8 Å². The maximum atomic E-state index is 13.5. The predicted molar refractivity (Wildman–Crippen MR) is 159 cm³/mol. The third-order valence-electron chi connectivity index (χ3n) is 7.22. The van der Waals surface area contributed by atoms with Crippen molar-refractivity contribution in [3.8, 4) is 11.6 Å². The topological polar surface area (TPSA) is 126 Å². The van der Waals surface area contributed by atoms with Crippen molar-refractivity contribution in [3.05, 3.63) is 65.3 Å². The SMILES string of the molecule is Cc1cc(Oc2ccccc2)ncc1N1C(=O)Nc2c(C(=O)N[C@H]3CCC[C@@H]3NC(=O)CCCl)sc3nccc1c23. The molecule has 1 fully saturated rings. The van der Waals surface area contributed by atoms with Gasteiger partial charge in [-0.25, -0.2) is 14.8 Å². The highest BCUT2D eigenvalue weighted by Crippen LogP contribution is 2.46. The van der Waals surface area contributed by atoms with Gasteiger partial charge in [-0.2, -0.15) is 0 Å². The monoisotopic (exact) mass is 590 g/mol. The first-order chi connectivity index (χ1) is 19.9. The van der Waals surface area contributed by atoms with Gasteiger partial charge in [0.25, 0.3) is 5.91 Å². The second kappa shape index (κ2) is 11.3. The van der Waals surface area contributed by atoms with E-state index in [-0.39, 0.29) is 36.2 Å². The average molecular weight is 591 g/mol. The fourth-order valence-corrected chi connectivity index (χ4v) is 6.50. The van der Waals surface area contributed by atoms with Crippen LogP contribution < -0.4 is 25.6 Å². The number of halogens is 1. The molecule has 0 saturated heterocycles. The maximum Gasteiger partial charge on any atom is 0.331 e. The highest BCUT2D eigenvalue weighted by Gasteiger charge is 2.35. The van der Waals surface area contributed by atoms with E-state index < -0.39 is 6.03 Å². The van der Waals surface area contributed by atoms with Gasteiger partial charge in [0.2, 0.25) is 11.8 Å². The normalized spacial score (nSPS) is 17.8. The number of rotatable bonds is 8. The number of nitrogens with one attached hydrogen (secondary N) is 3. The van der Waals surface area contributed by atoms with Gasteiger partial charge in [-0.05, 0) is 49.9 Å². The van der Waals surface area contributed by atoms with E-state index >= 15 is 0 Å². The molecule has 1 saturated carbocycles. The minimum Gasteiger partial charge on any atom is -0.439 e. The molecule has 1 aromatic carbocycles. The Morgan fingerprint density at radius 3 is 2.66 bits per heavy atom. The number of nitrogens with zero attached hydrogens (tertiary/aromatic N) is 3. The van der Waals surface area contributed by atoms with Gasteiger partial charge in [0.15, 0.2) is 0 Å². The summed E-state index contributed by atoms with van der Waals surface area (Å²) >= 11 is 6.92. The van der Waals surface area contributed by atoms with Crippen molar-refractivity contribution in [2.75, 3.05) is 16.1 Å². The molecule has 0 bridgehead atoms. The van der Waals surface area contributed by atoms with Crippen LogP contribution in [0.1, 0.15) is 40.9 Å². The van der Waals surface area contributed by atoms with Crippen LogP contribution in [0.3, 0.4) is 0 Å². The number of aromatic nitrogens is 2. The summed E-state index contributed by atoms with van der Waals surface area (Å²) in [5.41, 5.74) is 2.41. The van der Waals surface area contributed by atoms with E-state index in [9.17, 15) is 14.4 Å². The lowest BCUT2D eigenvalue weighted by Crippen LogP contribution is -2.48. The summed E-state index contributed by atoms with van der Waals surface area (Å²) in [4.78, 5) is 50.6. The number of carbonyl (C=O) groups is 3. The summed E-state index contributed by atoms with van der Waals surface area (Å²) in [6.07, 6.45) is 5.86. The van der Waals surface area contributed by atoms with Crippen LogP contribution in [0.2, 0.25) is 0 Å². The van der Waals surface area contributed by atoms with E-state index in [4.69, 9.17) is 16.3 Å². The number of amides is 4. The van der Waals surface area contributed by atoms with Crippen LogP contribution in [0.15, 0.2) is 54.9 Å². The zero-order valence-electron chi connectivity index (χ0n) is 22.1. The number of aryl methyl sites for hydroxylation is 1. The van der Waals surface area contributed by atoms with Crippen LogP contribution in [0, 0.1) is 6.92 Å². The van der Waals surface area contributed by atoms with Crippen molar-refractivity contribution in [1.29, 1.82) is 0 Å². The number of ether oxygens (including phenoxy) is 1. The number of thiophene rings is 1. The Morgan fingerprint density at radius 2 is 1.90 bits per heavy atom. The molecule has 4 aromatic rings. The van der Waals surface area contributed by atoms with Crippen molar-refractivity contribution in [1.82, 2.24) is 20.6 Å². The molecule has 3 aromatic heterocycles. The third-order valence-corrected chi connectivity index (χ3v) is 8.50. The fraction of sp³-hybridized carbons (Fsp3) is 0.276. The molecule has 4 amide bonds. The van der Waals surface area contributed by atoms with Crippen LogP contribution in [-0.4, -0.2) is 45.8 Å². The molecule has 0 radical (unpaired) electrons. The minimum atomic E-state index is -0.411. The summed E-state index contributed by atoms with van der Waals surface area (Å²) in [6.45, 7) is 1.88. The Labute approximate surface area is 245 Å². The van der Waals surface area contributed by atoms with Crippen molar-refractivity contribution in [2.45, 2.75) is 44.7 Å². The molecule has 6 rings (SSSR count).